The zero-order chi connectivity index (χ0) is 14.8. The van der Waals surface area contributed by atoms with Crippen LogP contribution in [0.4, 0.5) is 0 Å². The summed E-state index contributed by atoms with van der Waals surface area (Å²) >= 11 is 0. The average molecular weight is 292 g/mol. The van der Waals surface area contributed by atoms with E-state index in [0.717, 1.165) is 12.8 Å². The number of rotatable bonds is 5. The van der Waals surface area contributed by atoms with Gasteiger partial charge in [-0.1, -0.05) is 0 Å². The molecule has 6 nitrogen and oxygen atoms in total. The van der Waals surface area contributed by atoms with E-state index in [0.29, 0.717) is 30.2 Å². The van der Waals surface area contributed by atoms with Crippen molar-refractivity contribution in [1.29, 1.82) is 0 Å². The van der Waals surface area contributed by atoms with Crippen molar-refractivity contribution in [3.63, 3.8) is 0 Å². The summed E-state index contributed by atoms with van der Waals surface area (Å²) in [4.78, 5) is 22.7. The van der Waals surface area contributed by atoms with Gasteiger partial charge >= 0.3 is 5.97 Å². The van der Waals surface area contributed by atoms with Gasteiger partial charge in [0.15, 0.2) is 0 Å². The van der Waals surface area contributed by atoms with E-state index in [1.807, 2.05) is 0 Å². The summed E-state index contributed by atoms with van der Waals surface area (Å²) < 4.78 is 5.11. The molecule has 1 aromatic rings. The van der Waals surface area contributed by atoms with Crippen molar-refractivity contribution in [2.45, 2.75) is 50.7 Å². The average Bonchev–Trinajstić information content (AvgIpc) is 3.03. The van der Waals surface area contributed by atoms with Gasteiger partial charge in [0.25, 0.3) is 0 Å². The molecule has 2 fully saturated rings. The number of furan rings is 1. The molecule has 0 aliphatic carbocycles. The van der Waals surface area contributed by atoms with Crippen molar-refractivity contribution >= 4 is 11.9 Å². The second kappa shape index (κ2) is 5.89. The van der Waals surface area contributed by atoms with Crippen LogP contribution in [0.1, 0.15) is 48.4 Å². The normalized spacial score (nSPS) is 27.5. The van der Waals surface area contributed by atoms with Crippen LogP contribution in [0.25, 0.3) is 0 Å². The molecule has 114 valence electrons. The Morgan fingerprint density at radius 2 is 2.00 bits per heavy atom. The van der Waals surface area contributed by atoms with Gasteiger partial charge in [0.2, 0.25) is 11.7 Å². The van der Waals surface area contributed by atoms with Crippen LogP contribution in [0.15, 0.2) is 16.5 Å². The number of hydrogen-bond donors (Lipinski definition) is 3. The Morgan fingerprint density at radius 3 is 2.62 bits per heavy atom. The van der Waals surface area contributed by atoms with Crippen LogP contribution in [0.5, 0.6) is 0 Å². The fourth-order valence-electron chi connectivity index (χ4n) is 3.45. The fourth-order valence-corrected chi connectivity index (χ4v) is 3.45. The van der Waals surface area contributed by atoms with Crippen LogP contribution in [-0.4, -0.2) is 29.1 Å². The highest BCUT2D eigenvalue weighted by Crippen LogP contribution is 2.32. The first-order valence-corrected chi connectivity index (χ1v) is 7.45. The van der Waals surface area contributed by atoms with Gasteiger partial charge in [-0.2, -0.15) is 0 Å². The minimum Gasteiger partial charge on any atom is -0.475 e. The molecule has 2 unspecified atom stereocenters. The van der Waals surface area contributed by atoms with E-state index in [4.69, 9.17) is 9.52 Å². The summed E-state index contributed by atoms with van der Waals surface area (Å²) in [7, 11) is 0. The Bertz CT molecular complexity index is 528. The van der Waals surface area contributed by atoms with Gasteiger partial charge in [-0.3, -0.25) is 4.79 Å². The molecule has 0 saturated carbocycles. The van der Waals surface area contributed by atoms with E-state index in [-0.39, 0.29) is 18.2 Å². The van der Waals surface area contributed by atoms with Crippen molar-refractivity contribution in [2.75, 3.05) is 0 Å². The van der Waals surface area contributed by atoms with Gasteiger partial charge in [0.1, 0.15) is 5.76 Å². The zero-order valence-electron chi connectivity index (χ0n) is 11.8. The van der Waals surface area contributed by atoms with Crippen LogP contribution >= 0.6 is 0 Å². The third-order valence-electron chi connectivity index (χ3n) is 4.38. The molecular weight excluding hydrogens is 272 g/mol. The summed E-state index contributed by atoms with van der Waals surface area (Å²) in [5, 5.41) is 15.1. The summed E-state index contributed by atoms with van der Waals surface area (Å²) in [5.74, 6) is -0.275. The first-order valence-electron chi connectivity index (χ1n) is 7.45. The van der Waals surface area contributed by atoms with Crippen LogP contribution < -0.4 is 10.6 Å². The molecule has 2 atom stereocenters. The van der Waals surface area contributed by atoms with Crippen LogP contribution in [0, 0.1) is 5.92 Å². The van der Waals surface area contributed by atoms with Crippen LogP contribution in [0.2, 0.25) is 0 Å². The predicted octanol–water partition coefficient (Wildman–Crippen LogP) is 1.51. The first kappa shape index (κ1) is 14.1. The highest BCUT2D eigenvalue weighted by atomic mass is 16.4. The highest BCUT2D eigenvalue weighted by Gasteiger charge is 2.34. The van der Waals surface area contributed by atoms with E-state index in [2.05, 4.69) is 10.6 Å². The number of hydrogen-bond acceptors (Lipinski definition) is 4. The molecule has 3 heterocycles. The Balaban J connectivity index is 1.44. The highest BCUT2D eigenvalue weighted by molar-refractivity contribution is 5.84. The molecule has 1 amide bonds. The Morgan fingerprint density at radius 1 is 1.29 bits per heavy atom. The number of carbonyl (C=O) groups is 2. The molecule has 2 saturated heterocycles. The molecular formula is C15H20N2O4. The van der Waals surface area contributed by atoms with Crippen molar-refractivity contribution in [1.82, 2.24) is 10.6 Å². The van der Waals surface area contributed by atoms with Crippen molar-refractivity contribution in [3.8, 4) is 0 Å². The molecule has 21 heavy (non-hydrogen) atoms. The number of fused-ring (bicyclic) bond motifs is 2. The molecule has 2 aliphatic rings. The topological polar surface area (TPSA) is 91.6 Å². The molecule has 3 N–H and O–H groups in total. The second-order valence-corrected chi connectivity index (χ2v) is 6.03. The third kappa shape index (κ3) is 3.44. The zero-order valence-corrected chi connectivity index (χ0v) is 11.8. The van der Waals surface area contributed by atoms with Crippen LogP contribution in [0.3, 0.4) is 0 Å². The SMILES string of the molecule is O=C(CC1CC2CCC(C1)N2)NCc1ccc(C(=O)O)o1. The number of aromatic carboxylic acids is 1. The molecule has 1 aromatic heterocycles. The standard InChI is InChI=1S/C15H20N2O4/c18-14(7-9-5-10-1-2-11(6-9)17-10)16-8-12-3-4-13(21-12)15(19)20/h3-4,9-11,17H,1-2,5-8H2,(H,16,18)(H,19,20). The van der Waals surface area contributed by atoms with Gasteiger partial charge in [-0.15, -0.1) is 0 Å². The lowest BCUT2D eigenvalue weighted by Gasteiger charge is -2.28. The summed E-state index contributed by atoms with van der Waals surface area (Å²) in [5.41, 5.74) is 0. The summed E-state index contributed by atoms with van der Waals surface area (Å²) in [6, 6.07) is 4.15. The van der Waals surface area contributed by atoms with Gasteiger partial charge < -0.3 is 20.2 Å². The maximum Gasteiger partial charge on any atom is 0.371 e. The maximum atomic E-state index is 12.0. The Hall–Kier alpha value is -1.82. The Kier molecular flexibility index (Phi) is 3.96. The predicted molar refractivity (Wildman–Crippen MR) is 74.8 cm³/mol. The Labute approximate surface area is 122 Å². The molecule has 0 spiro atoms. The van der Waals surface area contributed by atoms with Gasteiger partial charge in [-0.25, -0.2) is 4.79 Å². The number of piperidine rings is 1. The molecule has 3 rings (SSSR count). The minimum absolute atomic E-state index is 0.00887. The first-order chi connectivity index (χ1) is 10.1. The monoisotopic (exact) mass is 292 g/mol. The number of nitrogens with one attached hydrogen (secondary N) is 2. The molecule has 2 bridgehead atoms. The largest absolute Gasteiger partial charge is 0.475 e. The lowest BCUT2D eigenvalue weighted by molar-refractivity contribution is -0.122. The number of carboxylic acids is 1. The fraction of sp³-hybridized carbons (Fsp3) is 0.600. The number of carbonyl (C=O) groups excluding carboxylic acids is 1. The van der Waals surface area contributed by atoms with Crippen LogP contribution in [-0.2, 0) is 11.3 Å². The molecule has 2 aliphatic heterocycles. The number of amides is 1. The van der Waals surface area contributed by atoms with E-state index >= 15 is 0 Å². The lowest BCUT2D eigenvalue weighted by atomic mass is 9.89. The quantitative estimate of drug-likeness (QED) is 0.765. The summed E-state index contributed by atoms with van der Waals surface area (Å²) in [6.07, 6.45) is 5.16. The maximum absolute atomic E-state index is 12.0. The van der Waals surface area contributed by atoms with E-state index < -0.39 is 5.97 Å². The molecule has 6 heteroatoms. The van der Waals surface area contributed by atoms with Gasteiger partial charge in [0, 0.05) is 18.5 Å². The smallest absolute Gasteiger partial charge is 0.371 e. The molecule has 0 radical (unpaired) electrons. The van der Waals surface area contributed by atoms with Crippen molar-refractivity contribution in [3.05, 3.63) is 23.7 Å². The van der Waals surface area contributed by atoms with Crippen molar-refractivity contribution in [2.24, 2.45) is 5.92 Å². The second-order valence-electron chi connectivity index (χ2n) is 6.03. The van der Waals surface area contributed by atoms with Gasteiger partial charge in [0.05, 0.1) is 6.54 Å². The van der Waals surface area contributed by atoms with E-state index in [1.165, 1.54) is 18.9 Å². The summed E-state index contributed by atoms with van der Waals surface area (Å²) in [6.45, 7) is 0.240. The minimum atomic E-state index is -1.10. The van der Waals surface area contributed by atoms with Crippen molar-refractivity contribution < 1.29 is 19.1 Å². The molecule has 0 aromatic carbocycles. The van der Waals surface area contributed by atoms with E-state index in [9.17, 15) is 9.59 Å². The lowest BCUT2D eigenvalue weighted by Crippen LogP contribution is -2.39. The third-order valence-corrected chi connectivity index (χ3v) is 4.38. The van der Waals surface area contributed by atoms with Gasteiger partial charge in [-0.05, 0) is 43.7 Å². The van der Waals surface area contributed by atoms with E-state index in [1.54, 1.807) is 6.07 Å². The number of carboxylic acid groups (broad SMARTS) is 1.